The molecule has 1 unspecified atom stereocenters. The molecule has 2 N–H and O–H groups in total. The number of anilines is 1. The third-order valence-corrected chi connectivity index (χ3v) is 7.39. The second-order valence-electron chi connectivity index (χ2n) is 9.49. The SMILES string of the molecule is O=C([C@@H](Cc1ccc(Cl)cc1)NCC1Cc2ccccc2CN1)N1CCN(c2ccccc2)CC1. The van der Waals surface area contributed by atoms with Gasteiger partial charge >= 0.3 is 0 Å². The van der Waals surface area contributed by atoms with Crippen molar-refractivity contribution in [1.82, 2.24) is 15.5 Å². The Labute approximate surface area is 213 Å². The first-order valence-electron chi connectivity index (χ1n) is 12.5. The first-order valence-corrected chi connectivity index (χ1v) is 12.9. The summed E-state index contributed by atoms with van der Waals surface area (Å²) in [5.74, 6) is 0.184. The number of carbonyl (C=O) groups is 1. The molecule has 5 rings (SSSR count). The van der Waals surface area contributed by atoms with Gasteiger partial charge in [0.1, 0.15) is 0 Å². The highest BCUT2D eigenvalue weighted by Gasteiger charge is 2.29. The van der Waals surface area contributed by atoms with Crippen molar-refractivity contribution in [2.24, 2.45) is 0 Å². The first-order chi connectivity index (χ1) is 17.2. The molecule has 0 spiro atoms. The van der Waals surface area contributed by atoms with Gasteiger partial charge < -0.3 is 20.4 Å². The van der Waals surface area contributed by atoms with E-state index in [1.807, 2.05) is 35.2 Å². The number of para-hydroxylation sites is 1. The molecule has 0 aromatic heterocycles. The molecule has 3 aromatic carbocycles. The Bertz CT molecular complexity index is 1110. The van der Waals surface area contributed by atoms with Crippen molar-refractivity contribution in [2.45, 2.75) is 31.5 Å². The summed E-state index contributed by atoms with van der Waals surface area (Å²) < 4.78 is 0. The van der Waals surface area contributed by atoms with E-state index in [0.29, 0.717) is 17.5 Å². The lowest BCUT2D eigenvalue weighted by Gasteiger charge is -2.38. The van der Waals surface area contributed by atoms with E-state index >= 15 is 0 Å². The van der Waals surface area contributed by atoms with Gasteiger partial charge in [0, 0.05) is 56.0 Å². The highest BCUT2D eigenvalue weighted by molar-refractivity contribution is 6.30. The van der Waals surface area contributed by atoms with Crippen molar-refractivity contribution >= 4 is 23.2 Å². The Balaban J connectivity index is 1.23. The van der Waals surface area contributed by atoms with Crippen molar-refractivity contribution in [3.8, 4) is 0 Å². The van der Waals surface area contributed by atoms with Crippen LogP contribution in [0.3, 0.4) is 0 Å². The van der Waals surface area contributed by atoms with E-state index in [1.54, 1.807) is 0 Å². The Hall–Kier alpha value is -2.86. The third kappa shape index (κ3) is 6.04. The highest BCUT2D eigenvalue weighted by atomic mass is 35.5. The lowest BCUT2D eigenvalue weighted by molar-refractivity contribution is -0.133. The molecule has 0 radical (unpaired) electrons. The maximum absolute atomic E-state index is 13.7. The average Bonchev–Trinajstić information content (AvgIpc) is 2.92. The standard InChI is InChI=1S/C29H33ClN4O/c30-25-12-10-22(11-13-25)18-28(32-21-26-19-23-6-4-5-7-24(23)20-31-26)29(35)34-16-14-33(15-17-34)27-8-2-1-3-9-27/h1-13,26,28,31-32H,14-21H2/t26?,28-/m1/s1. The number of nitrogens with one attached hydrogen (secondary N) is 2. The average molecular weight is 489 g/mol. The van der Waals surface area contributed by atoms with Gasteiger partial charge in [-0.05, 0) is 53.8 Å². The zero-order chi connectivity index (χ0) is 24.0. The zero-order valence-corrected chi connectivity index (χ0v) is 20.8. The van der Waals surface area contributed by atoms with Crippen molar-refractivity contribution < 1.29 is 4.79 Å². The molecule has 5 nitrogen and oxygen atoms in total. The minimum Gasteiger partial charge on any atom is -0.368 e. The van der Waals surface area contributed by atoms with E-state index < -0.39 is 0 Å². The molecular formula is C29H33ClN4O. The fourth-order valence-electron chi connectivity index (χ4n) is 5.10. The predicted molar refractivity (Wildman–Crippen MR) is 143 cm³/mol. The molecule has 0 saturated carbocycles. The normalized spacial score (nSPS) is 18.7. The van der Waals surface area contributed by atoms with Gasteiger partial charge in [-0.2, -0.15) is 0 Å². The predicted octanol–water partition coefficient (Wildman–Crippen LogP) is 3.90. The number of rotatable bonds is 7. The van der Waals surface area contributed by atoms with E-state index in [0.717, 1.165) is 51.3 Å². The molecular weight excluding hydrogens is 456 g/mol. The Morgan fingerprint density at radius 2 is 1.60 bits per heavy atom. The van der Waals surface area contributed by atoms with Gasteiger partial charge in [-0.1, -0.05) is 66.2 Å². The smallest absolute Gasteiger partial charge is 0.240 e. The van der Waals surface area contributed by atoms with Crippen LogP contribution in [0, 0.1) is 0 Å². The minimum atomic E-state index is -0.265. The minimum absolute atomic E-state index is 0.184. The molecule has 35 heavy (non-hydrogen) atoms. The summed E-state index contributed by atoms with van der Waals surface area (Å²) in [6.45, 7) is 4.81. The van der Waals surface area contributed by atoms with Crippen LogP contribution in [0.5, 0.6) is 0 Å². The van der Waals surface area contributed by atoms with Crippen LogP contribution >= 0.6 is 11.6 Å². The fraction of sp³-hybridized carbons (Fsp3) is 0.345. The van der Waals surface area contributed by atoms with Crippen molar-refractivity contribution in [1.29, 1.82) is 0 Å². The largest absolute Gasteiger partial charge is 0.368 e. The van der Waals surface area contributed by atoms with Crippen molar-refractivity contribution in [3.63, 3.8) is 0 Å². The molecule has 2 heterocycles. The van der Waals surface area contributed by atoms with Crippen molar-refractivity contribution in [3.05, 3.63) is 101 Å². The quantitative estimate of drug-likeness (QED) is 0.529. The van der Waals surface area contributed by atoms with Gasteiger partial charge in [-0.3, -0.25) is 4.79 Å². The number of hydrogen-bond acceptors (Lipinski definition) is 4. The molecule has 2 aliphatic heterocycles. The molecule has 1 amide bonds. The number of benzene rings is 3. The van der Waals surface area contributed by atoms with Crippen LogP contribution in [0.4, 0.5) is 5.69 Å². The molecule has 3 aromatic rings. The molecule has 1 fully saturated rings. The second-order valence-corrected chi connectivity index (χ2v) is 9.93. The summed E-state index contributed by atoms with van der Waals surface area (Å²) in [6, 6.07) is 26.9. The fourth-order valence-corrected chi connectivity index (χ4v) is 5.22. The van der Waals surface area contributed by atoms with Crippen LogP contribution in [0.1, 0.15) is 16.7 Å². The zero-order valence-electron chi connectivity index (χ0n) is 20.0. The molecule has 2 aliphatic rings. The lowest BCUT2D eigenvalue weighted by atomic mass is 9.95. The molecule has 1 saturated heterocycles. The van der Waals surface area contributed by atoms with Crippen molar-refractivity contribution in [2.75, 3.05) is 37.6 Å². The number of fused-ring (bicyclic) bond motifs is 1. The van der Waals surface area contributed by atoms with Crippen LogP contribution in [0.2, 0.25) is 5.02 Å². The topological polar surface area (TPSA) is 47.6 Å². The van der Waals surface area contributed by atoms with Gasteiger partial charge in [0.05, 0.1) is 6.04 Å². The van der Waals surface area contributed by atoms with Gasteiger partial charge in [0.2, 0.25) is 5.91 Å². The molecule has 6 heteroatoms. The van der Waals surface area contributed by atoms with Crippen LogP contribution < -0.4 is 15.5 Å². The van der Waals surface area contributed by atoms with Crippen LogP contribution in [-0.4, -0.2) is 55.6 Å². The summed E-state index contributed by atoms with van der Waals surface area (Å²) in [5.41, 5.74) is 5.11. The first kappa shape index (κ1) is 23.9. The summed E-state index contributed by atoms with van der Waals surface area (Å²) in [6.07, 6.45) is 1.62. The third-order valence-electron chi connectivity index (χ3n) is 7.14. The molecule has 0 aliphatic carbocycles. The van der Waals surface area contributed by atoms with Gasteiger partial charge in [0.15, 0.2) is 0 Å². The number of amides is 1. The number of nitrogens with zero attached hydrogens (tertiary/aromatic N) is 2. The Morgan fingerprint density at radius 1 is 0.914 bits per heavy atom. The van der Waals surface area contributed by atoms with Gasteiger partial charge in [-0.15, -0.1) is 0 Å². The Morgan fingerprint density at radius 3 is 2.34 bits per heavy atom. The second kappa shape index (κ2) is 11.3. The molecule has 0 bridgehead atoms. The van der Waals surface area contributed by atoms with Gasteiger partial charge in [0.25, 0.3) is 0 Å². The number of piperazine rings is 1. The maximum atomic E-state index is 13.7. The highest BCUT2D eigenvalue weighted by Crippen LogP contribution is 2.19. The lowest BCUT2D eigenvalue weighted by Crippen LogP contribution is -2.56. The van der Waals surface area contributed by atoms with E-state index in [9.17, 15) is 4.79 Å². The van der Waals surface area contributed by atoms with Crippen LogP contribution in [0.15, 0.2) is 78.9 Å². The Kier molecular flexibility index (Phi) is 7.67. The van der Waals surface area contributed by atoms with Crippen LogP contribution in [0.25, 0.3) is 0 Å². The summed E-state index contributed by atoms with van der Waals surface area (Å²) >= 11 is 6.10. The van der Waals surface area contributed by atoms with E-state index in [1.165, 1.54) is 16.8 Å². The number of halogens is 1. The summed E-state index contributed by atoms with van der Waals surface area (Å²) in [5, 5.41) is 7.97. The number of hydrogen-bond donors (Lipinski definition) is 2. The summed E-state index contributed by atoms with van der Waals surface area (Å²) in [7, 11) is 0. The van der Waals surface area contributed by atoms with E-state index in [2.05, 4.69) is 64.1 Å². The number of carbonyl (C=O) groups excluding carboxylic acids is 1. The monoisotopic (exact) mass is 488 g/mol. The summed E-state index contributed by atoms with van der Waals surface area (Å²) in [4.78, 5) is 18.1. The molecule has 2 atom stereocenters. The maximum Gasteiger partial charge on any atom is 0.240 e. The van der Waals surface area contributed by atoms with Gasteiger partial charge in [-0.25, -0.2) is 0 Å². The molecule has 182 valence electrons. The van der Waals surface area contributed by atoms with Crippen LogP contribution in [-0.2, 0) is 24.2 Å². The van der Waals surface area contributed by atoms with E-state index in [-0.39, 0.29) is 11.9 Å². The van der Waals surface area contributed by atoms with E-state index in [4.69, 9.17) is 11.6 Å².